The third-order valence-corrected chi connectivity index (χ3v) is 5.75. The Balaban J connectivity index is 2.45. The predicted molar refractivity (Wildman–Crippen MR) is 127 cm³/mol. The fourth-order valence-electron chi connectivity index (χ4n) is 3.74. The first-order valence-corrected chi connectivity index (χ1v) is 12.2. The van der Waals surface area contributed by atoms with Crippen molar-refractivity contribution in [2.24, 2.45) is 17.4 Å². The molecule has 4 amide bonds. The number of hydrogen-bond acceptors (Lipinski definition) is 7. The second kappa shape index (κ2) is 16.7. The molecule has 0 aromatic rings. The summed E-state index contributed by atoms with van der Waals surface area (Å²) in [7, 11) is 0. The number of nitrogens with two attached hydrogens (primary N) is 2. The number of carbonyl (C=O) groups is 4. The Morgan fingerprint density at radius 2 is 1.56 bits per heavy atom. The van der Waals surface area contributed by atoms with Gasteiger partial charge in [-0.15, -0.1) is 0 Å². The molecule has 1 rings (SSSR count). The summed E-state index contributed by atoms with van der Waals surface area (Å²) in [6.07, 6.45) is 8.10. The molecule has 0 aliphatic heterocycles. The first kappa shape index (κ1) is 28.2. The van der Waals surface area contributed by atoms with Gasteiger partial charge in [-0.25, -0.2) is 0 Å². The molecule has 32 heavy (non-hydrogen) atoms. The molecule has 0 saturated heterocycles. The Labute approximate surface area is 196 Å². The van der Waals surface area contributed by atoms with E-state index in [-0.39, 0.29) is 24.9 Å². The minimum Gasteiger partial charge on any atom is -0.354 e. The van der Waals surface area contributed by atoms with Crippen LogP contribution >= 0.6 is 12.6 Å². The smallest absolute Gasteiger partial charge is 0.243 e. The van der Waals surface area contributed by atoms with Crippen molar-refractivity contribution in [3.63, 3.8) is 0 Å². The standard InChI is InChI=1S/C21H40N6O4S/c22-9-5-4-8-17(21(31)26-13-18(28)24-10-11-32)27-19(29)14-25-20(30)16(23)12-15-6-2-1-3-7-15/h15-17,32H,1-14,22-23H2,(H,24,28)(H,25,30)(H,26,31)(H,27,29)/t16-,17-/m0/s1. The van der Waals surface area contributed by atoms with Crippen molar-refractivity contribution in [2.45, 2.75) is 69.9 Å². The molecule has 0 heterocycles. The van der Waals surface area contributed by atoms with Crippen LogP contribution < -0.4 is 32.7 Å². The van der Waals surface area contributed by atoms with Crippen molar-refractivity contribution in [3.05, 3.63) is 0 Å². The number of unbranched alkanes of at least 4 members (excludes halogenated alkanes) is 1. The van der Waals surface area contributed by atoms with E-state index in [9.17, 15) is 19.2 Å². The van der Waals surface area contributed by atoms with Crippen LogP contribution in [0.25, 0.3) is 0 Å². The maximum absolute atomic E-state index is 12.5. The highest BCUT2D eigenvalue weighted by molar-refractivity contribution is 7.80. The summed E-state index contributed by atoms with van der Waals surface area (Å²) in [6.45, 7) is 0.420. The average molecular weight is 473 g/mol. The van der Waals surface area contributed by atoms with Gasteiger partial charge in [0.2, 0.25) is 23.6 Å². The van der Waals surface area contributed by atoms with Crippen LogP contribution in [0.3, 0.4) is 0 Å². The molecule has 0 unspecified atom stereocenters. The van der Waals surface area contributed by atoms with E-state index in [1.165, 1.54) is 19.3 Å². The fourth-order valence-corrected chi connectivity index (χ4v) is 3.85. The van der Waals surface area contributed by atoms with E-state index >= 15 is 0 Å². The molecule has 0 radical (unpaired) electrons. The molecule has 184 valence electrons. The average Bonchev–Trinajstić information content (AvgIpc) is 2.79. The molecule has 1 aliphatic carbocycles. The first-order chi connectivity index (χ1) is 15.4. The van der Waals surface area contributed by atoms with Gasteiger partial charge in [-0.2, -0.15) is 12.6 Å². The van der Waals surface area contributed by atoms with E-state index in [1.54, 1.807) is 0 Å². The number of thiol groups is 1. The third-order valence-electron chi connectivity index (χ3n) is 5.53. The summed E-state index contributed by atoms with van der Waals surface area (Å²) in [6, 6.07) is -1.47. The van der Waals surface area contributed by atoms with Gasteiger partial charge in [-0.3, -0.25) is 19.2 Å². The van der Waals surface area contributed by atoms with E-state index < -0.39 is 23.9 Å². The van der Waals surface area contributed by atoms with E-state index in [4.69, 9.17) is 11.5 Å². The minimum absolute atomic E-state index is 0.192. The van der Waals surface area contributed by atoms with Crippen LogP contribution in [0.4, 0.5) is 0 Å². The molecule has 0 spiro atoms. The van der Waals surface area contributed by atoms with Gasteiger partial charge in [-0.05, 0) is 38.1 Å². The summed E-state index contributed by atoms with van der Waals surface area (Å²) in [4.78, 5) is 48.7. The van der Waals surface area contributed by atoms with Crippen LogP contribution in [0.5, 0.6) is 0 Å². The summed E-state index contributed by atoms with van der Waals surface area (Å²) < 4.78 is 0. The topological polar surface area (TPSA) is 168 Å². The quantitative estimate of drug-likeness (QED) is 0.121. The third kappa shape index (κ3) is 12.3. The number of rotatable bonds is 15. The highest BCUT2D eigenvalue weighted by Crippen LogP contribution is 2.26. The second-order valence-electron chi connectivity index (χ2n) is 8.26. The molecule has 10 nitrogen and oxygen atoms in total. The Morgan fingerprint density at radius 3 is 2.22 bits per heavy atom. The Hall–Kier alpha value is -1.85. The Kier molecular flexibility index (Phi) is 14.7. The van der Waals surface area contributed by atoms with E-state index in [2.05, 4.69) is 33.9 Å². The molecule has 0 bridgehead atoms. The van der Waals surface area contributed by atoms with Crippen LogP contribution in [0.15, 0.2) is 0 Å². The normalized spacial score (nSPS) is 16.0. The number of hydrogen-bond donors (Lipinski definition) is 7. The van der Waals surface area contributed by atoms with Crippen molar-refractivity contribution in [1.82, 2.24) is 21.3 Å². The predicted octanol–water partition coefficient (Wildman–Crippen LogP) is -0.824. The highest BCUT2D eigenvalue weighted by atomic mass is 32.1. The summed E-state index contributed by atoms with van der Waals surface area (Å²) in [5.41, 5.74) is 11.5. The summed E-state index contributed by atoms with van der Waals surface area (Å²) in [5.74, 6) is -0.700. The second-order valence-corrected chi connectivity index (χ2v) is 8.71. The molecule has 0 aromatic heterocycles. The Bertz CT molecular complexity index is 601. The molecule has 2 atom stereocenters. The van der Waals surface area contributed by atoms with Crippen LogP contribution in [0.1, 0.15) is 57.8 Å². The lowest BCUT2D eigenvalue weighted by molar-refractivity contribution is -0.131. The summed E-state index contributed by atoms with van der Waals surface area (Å²) >= 11 is 4.00. The minimum atomic E-state index is -0.820. The lowest BCUT2D eigenvalue weighted by Gasteiger charge is -2.24. The van der Waals surface area contributed by atoms with Crippen LogP contribution in [0.2, 0.25) is 0 Å². The molecule has 1 aliphatic rings. The van der Waals surface area contributed by atoms with Crippen molar-refractivity contribution in [3.8, 4) is 0 Å². The van der Waals surface area contributed by atoms with Gasteiger partial charge >= 0.3 is 0 Å². The van der Waals surface area contributed by atoms with Crippen molar-refractivity contribution >= 4 is 36.3 Å². The van der Waals surface area contributed by atoms with Gasteiger partial charge in [0.05, 0.1) is 19.1 Å². The fraction of sp³-hybridized carbons (Fsp3) is 0.810. The van der Waals surface area contributed by atoms with Gasteiger partial charge in [0.15, 0.2) is 0 Å². The maximum Gasteiger partial charge on any atom is 0.243 e. The molecular weight excluding hydrogens is 432 g/mol. The zero-order valence-electron chi connectivity index (χ0n) is 18.9. The van der Waals surface area contributed by atoms with Gasteiger partial charge in [0.25, 0.3) is 0 Å². The van der Waals surface area contributed by atoms with Gasteiger partial charge < -0.3 is 32.7 Å². The van der Waals surface area contributed by atoms with Gasteiger partial charge in [-0.1, -0.05) is 32.1 Å². The maximum atomic E-state index is 12.5. The van der Waals surface area contributed by atoms with Crippen molar-refractivity contribution < 1.29 is 19.2 Å². The van der Waals surface area contributed by atoms with Gasteiger partial charge in [0, 0.05) is 12.3 Å². The van der Waals surface area contributed by atoms with Gasteiger partial charge in [0.1, 0.15) is 6.04 Å². The van der Waals surface area contributed by atoms with Crippen LogP contribution in [-0.4, -0.2) is 67.6 Å². The number of nitrogens with one attached hydrogen (secondary N) is 4. The SMILES string of the molecule is NCCCC[C@H](NC(=O)CNC(=O)[C@@H](N)CC1CCCCC1)C(=O)NCC(=O)NCCS. The zero-order valence-corrected chi connectivity index (χ0v) is 19.8. The van der Waals surface area contributed by atoms with E-state index in [1.807, 2.05) is 0 Å². The monoisotopic (exact) mass is 472 g/mol. The summed E-state index contributed by atoms with van der Waals surface area (Å²) in [5, 5.41) is 10.3. The largest absolute Gasteiger partial charge is 0.354 e. The van der Waals surface area contributed by atoms with Crippen LogP contribution in [0, 0.1) is 5.92 Å². The molecule has 0 aromatic carbocycles. The van der Waals surface area contributed by atoms with Crippen molar-refractivity contribution in [1.29, 1.82) is 0 Å². The van der Waals surface area contributed by atoms with E-state index in [0.717, 1.165) is 12.8 Å². The molecule has 1 fully saturated rings. The Morgan fingerprint density at radius 1 is 0.906 bits per heavy atom. The first-order valence-electron chi connectivity index (χ1n) is 11.5. The lowest BCUT2D eigenvalue weighted by atomic mass is 9.85. The number of amides is 4. The molecule has 11 heteroatoms. The molecule has 1 saturated carbocycles. The molecule has 8 N–H and O–H groups in total. The van der Waals surface area contributed by atoms with E-state index in [0.29, 0.717) is 50.4 Å². The molecular formula is C21H40N6O4S. The zero-order chi connectivity index (χ0) is 23.8. The lowest BCUT2D eigenvalue weighted by Crippen LogP contribution is -2.52. The van der Waals surface area contributed by atoms with Crippen LogP contribution in [-0.2, 0) is 19.2 Å². The van der Waals surface area contributed by atoms with Crippen molar-refractivity contribution in [2.75, 3.05) is 31.9 Å². The highest BCUT2D eigenvalue weighted by Gasteiger charge is 2.23. The number of carbonyl (C=O) groups excluding carboxylic acids is 4.